The predicted octanol–water partition coefficient (Wildman–Crippen LogP) is 4.43. The average molecular weight is 411 g/mol. The number of rotatable bonds is 6. The molecule has 1 aliphatic rings. The number of amides is 1. The van der Waals surface area contributed by atoms with Crippen LogP contribution in [-0.4, -0.2) is 29.2 Å². The molecular weight excluding hydrogens is 388 g/mol. The van der Waals surface area contributed by atoms with Crippen molar-refractivity contribution < 1.29 is 9.21 Å². The number of nitrogens with one attached hydrogen (secondary N) is 1. The summed E-state index contributed by atoms with van der Waals surface area (Å²) in [5, 5.41) is 11.9. The van der Waals surface area contributed by atoms with Crippen LogP contribution in [0, 0.1) is 0 Å². The number of carbonyl (C=O) groups is 1. The molecule has 1 aromatic heterocycles. The number of benzene rings is 2. The van der Waals surface area contributed by atoms with Gasteiger partial charge < -0.3 is 14.6 Å². The molecule has 29 heavy (non-hydrogen) atoms. The van der Waals surface area contributed by atoms with Crippen molar-refractivity contribution in [3.8, 4) is 0 Å². The number of carbonyl (C=O) groups excluding carboxylic acids is 1. The van der Waals surface area contributed by atoms with Crippen LogP contribution in [0.2, 0.25) is 5.02 Å². The Kier molecular flexibility index (Phi) is 6.10. The van der Waals surface area contributed by atoms with Gasteiger partial charge in [-0.2, -0.15) is 0 Å². The first kappa shape index (κ1) is 19.5. The van der Waals surface area contributed by atoms with E-state index in [0.717, 1.165) is 31.5 Å². The minimum Gasteiger partial charge on any atom is -0.406 e. The van der Waals surface area contributed by atoms with Crippen molar-refractivity contribution in [1.29, 1.82) is 0 Å². The number of nitrogens with zero attached hydrogens (tertiary/aromatic N) is 3. The van der Waals surface area contributed by atoms with E-state index < -0.39 is 6.04 Å². The van der Waals surface area contributed by atoms with Crippen molar-refractivity contribution in [2.24, 2.45) is 0 Å². The fourth-order valence-electron chi connectivity index (χ4n) is 3.51. The zero-order valence-corrected chi connectivity index (χ0v) is 16.8. The summed E-state index contributed by atoms with van der Waals surface area (Å²) < 4.78 is 5.98. The first-order valence-corrected chi connectivity index (χ1v) is 10.3. The summed E-state index contributed by atoms with van der Waals surface area (Å²) in [4.78, 5) is 15.0. The van der Waals surface area contributed by atoms with E-state index in [1.54, 1.807) is 24.3 Å². The largest absolute Gasteiger partial charge is 0.406 e. The first-order chi connectivity index (χ1) is 14.2. The lowest BCUT2D eigenvalue weighted by Gasteiger charge is -2.24. The van der Waals surface area contributed by atoms with Gasteiger partial charge in [-0.15, -0.1) is 5.10 Å². The number of hydrogen-bond acceptors (Lipinski definition) is 5. The van der Waals surface area contributed by atoms with Crippen LogP contribution in [-0.2, 0) is 6.42 Å². The molecule has 0 aliphatic carbocycles. The van der Waals surface area contributed by atoms with E-state index in [0.29, 0.717) is 28.9 Å². The van der Waals surface area contributed by atoms with Crippen molar-refractivity contribution in [2.45, 2.75) is 31.7 Å². The molecule has 3 aromatic rings. The highest BCUT2D eigenvalue weighted by Crippen LogP contribution is 2.24. The summed E-state index contributed by atoms with van der Waals surface area (Å²) in [7, 11) is 0. The number of anilines is 1. The highest BCUT2D eigenvalue weighted by molar-refractivity contribution is 6.33. The van der Waals surface area contributed by atoms with Gasteiger partial charge in [-0.3, -0.25) is 4.79 Å². The van der Waals surface area contributed by atoms with Gasteiger partial charge in [-0.05, 0) is 37.0 Å². The maximum Gasteiger partial charge on any atom is 0.318 e. The standard InChI is InChI=1S/C22H23ClN4O2/c23-18-12-6-5-11-17(18)20(28)24-19(15-16-9-3-1-4-10-16)21-25-26-22(29-21)27-13-7-2-8-14-27/h1,3-6,9-12,19H,2,7-8,13-15H2,(H,24,28)/t19-/m0/s1. The molecule has 1 N–H and O–H groups in total. The van der Waals surface area contributed by atoms with Crippen molar-refractivity contribution in [3.63, 3.8) is 0 Å². The van der Waals surface area contributed by atoms with Crippen LogP contribution >= 0.6 is 11.6 Å². The number of piperidine rings is 1. The lowest BCUT2D eigenvalue weighted by Crippen LogP contribution is -2.30. The monoisotopic (exact) mass is 410 g/mol. The Hall–Kier alpha value is -2.86. The molecule has 150 valence electrons. The minimum absolute atomic E-state index is 0.269. The first-order valence-electron chi connectivity index (χ1n) is 9.88. The van der Waals surface area contributed by atoms with Crippen molar-refractivity contribution >= 4 is 23.5 Å². The minimum atomic E-state index is -0.452. The second-order valence-corrected chi connectivity index (χ2v) is 7.57. The summed E-state index contributed by atoms with van der Waals surface area (Å²) in [6, 6.07) is 17.0. The second-order valence-electron chi connectivity index (χ2n) is 7.17. The maximum atomic E-state index is 12.9. The van der Waals surface area contributed by atoms with Gasteiger partial charge in [0.25, 0.3) is 5.91 Å². The topological polar surface area (TPSA) is 71.3 Å². The fourth-order valence-corrected chi connectivity index (χ4v) is 3.73. The quantitative estimate of drug-likeness (QED) is 0.651. The third-order valence-corrected chi connectivity index (χ3v) is 5.39. The van der Waals surface area contributed by atoms with Crippen LogP contribution in [0.5, 0.6) is 0 Å². The molecule has 6 nitrogen and oxygen atoms in total. The van der Waals surface area contributed by atoms with E-state index in [1.165, 1.54) is 6.42 Å². The van der Waals surface area contributed by atoms with Gasteiger partial charge in [0.1, 0.15) is 6.04 Å². The maximum absolute atomic E-state index is 12.9. The zero-order chi connectivity index (χ0) is 20.1. The Morgan fingerprint density at radius 2 is 1.76 bits per heavy atom. The third kappa shape index (κ3) is 4.77. The Morgan fingerprint density at radius 3 is 2.52 bits per heavy atom. The summed E-state index contributed by atoms with van der Waals surface area (Å²) in [6.07, 6.45) is 4.00. The molecule has 1 atom stereocenters. The van der Waals surface area contributed by atoms with E-state index in [-0.39, 0.29) is 5.91 Å². The van der Waals surface area contributed by atoms with Crippen molar-refractivity contribution in [2.75, 3.05) is 18.0 Å². The van der Waals surface area contributed by atoms with Crippen LogP contribution in [0.25, 0.3) is 0 Å². The van der Waals surface area contributed by atoms with Crippen LogP contribution in [0.4, 0.5) is 6.01 Å². The molecule has 2 heterocycles. The second kappa shape index (κ2) is 9.09. The van der Waals surface area contributed by atoms with E-state index in [1.807, 2.05) is 30.3 Å². The molecule has 0 spiro atoms. The van der Waals surface area contributed by atoms with Gasteiger partial charge in [-0.1, -0.05) is 59.2 Å². The molecule has 7 heteroatoms. The molecule has 0 saturated carbocycles. The smallest absolute Gasteiger partial charge is 0.318 e. The lowest BCUT2D eigenvalue weighted by molar-refractivity contribution is 0.0930. The van der Waals surface area contributed by atoms with E-state index in [4.69, 9.17) is 16.0 Å². The van der Waals surface area contributed by atoms with Crippen LogP contribution in [0.1, 0.15) is 47.1 Å². The Balaban J connectivity index is 1.57. The molecule has 2 aromatic carbocycles. The highest BCUT2D eigenvalue weighted by Gasteiger charge is 2.25. The summed E-state index contributed by atoms with van der Waals surface area (Å²) in [5.41, 5.74) is 1.48. The number of halogens is 1. The zero-order valence-electron chi connectivity index (χ0n) is 16.1. The van der Waals surface area contributed by atoms with Gasteiger partial charge in [0.2, 0.25) is 5.89 Å². The van der Waals surface area contributed by atoms with Gasteiger partial charge in [0, 0.05) is 19.5 Å². The van der Waals surface area contributed by atoms with E-state index >= 15 is 0 Å². The fraction of sp³-hybridized carbons (Fsp3) is 0.318. The number of hydrogen-bond donors (Lipinski definition) is 1. The normalized spacial score (nSPS) is 15.1. The van der Waals surface area contributed by atoms with Gasteiger partial charge in [0.05, 0.1) is 10.6 Å². The highest BCUT2D eigenvalue weighted by atomic mass is 35.5. The number of aromatic nitrogens is 2. The Morgan fingerprint density at radius 1 is 1.03 bits per heavy atom. The molecule has 0 unspecified atom stereocenters. The average Bonchev–Trinajstić information content (AvgIpc) is 3.25. The summed E-state index contributed by atoms with van der Waals surface area (Å²) in [5.74, 6) is 0.129. The van der Waals surface area contributed by atoms with Gasteiger partial charge in [-0.25, -0.2) is 0 Å². The Bertz CT molecular complexity index is 954. The predicted molar refractivity (Wildman–Crippen MR) is 112 cm³/mol. The molecular formula is C22H23ClN4O2. The van der Waals surface area contributed by atoms with Crippen LogP contribution in [0.15, 0.2) is 59.0 Å². The molecule has 0 radical (unpaired) electrons. The lowest BCUT2D eigenvalue weighted by atomic mass is 10.1. The summed E-state index contributed by atoms with van der Waals surface area (Å²) >= 11 is 6.20. The van der Waals surface area contributed by atoms with Gasteiger partial charge >= 0.3 is 6.01 Å². The molecule has 1 amide bonds. The molecule has 4 rings (SSSR count). The van der Waals surface area contributed by atoms with Gasteiger partial charge in [0.15, 0.2) is 0 Å². The van der Waals surface area contributed by atoms with E-state index in [2.05, 4.69) is 20.4 Å². The SMILES string of the molecule is O=C(N[C@@H](Cc1ccccc1)c1nnc(N2CCCCC2)o1)c1ccccc1Cl. The molecule has 1 fully saturated rings. The van der Waals surface area contributed by atoms with E-state index in [9.17, 15) is 4.79 Å². The summed E-state index contributed by atoms with van der Waals surface area (Å²) in [6.45, 7) is 1.83. The Labute approximate surface area is 174 Å². The molecule has 0 bridgehead atoms. The molecule has 1 saturated heterocycles. The van der Waals surface area contributed by atoms with Crippen LogP contribution < -0.4 is 10.2 Å². The van der Waals surface area contributed by atoms with Crippen molar-refractivity contribution in [1.82, 2.24) is 15.5 Å². The third-order valence-electron chi connectivity index (χ3n) is 5.06. The van der Waals surface area contributed by atoms with Crippen molar-refractivity contribution in [3.05, 3.63) is 76.6 Å². The van der Waals surface area contributed by atoms with Crippen LogP contribution in [0.3, 0.4) is 0 Å². The molecule has 1 aliphatic heterocycles.